The van der Waals surface area contributed by atoms with Gasteiger partial charge in [-0.15, -0.1) is 0 Å². The molecule has 1 heterocycles. The van der Waals surface area contributed by atoms with Crippen molar-refractivity contribution in [2.45, 2.75) is 6.61 Å². The van der Waals surface area contributed by atoms with Crippen LogP contribution in [-0.4, -0.2) is 16.4 Å². The van der Waals surface area contributed by atoms with Gasteiger partial charge in [-0.2, -0.15) is 0 Å². The molecule has 1 N–H and O–H groups in total. The molecule has 17 heavy (non-hydrogen) atoms. The molecule has 2 aromatic rings. The van der Waals surface area contributed by atoms with Crippen LogP contribution in [0.25, 0.3) is 0 Å². The number of aliphatic hydroxyl groups is 1. The highest BCUT2D eigenvalue weighted by molar-refractivity contribution is 5.74. The lowest BCUT2D eigenvalue weighted by Gasteiger charge is -2.08. The lowest BCUT2D eigenvalue weighted by atomic mass is 10.2. The Hall–Kier alpha value is -2.20. The molecule has 0 fully saturated rings. The molecule has 0 saturated carbocycles. The predicted octanol–water partition coefficient (Wildman–Crippen LogP) is 2.18. The third kappa shape index (κ3) is 2.68. The fraction of sp³-hybridized carbons (Fsp3) is 0.0769. The maximum atomic E-state index is 10.5. The highest BCUT2D eigenvalue weighted by atomic mass is 16.5. The van der Waals surface area contributed by atoms with Crippen molar-refractivity contribution < 1.29 is 14.6 Å². The third-order valence-corrected chi connectivity index (χ3v) is 2.25. The molecule has 1 aromatic heterocycles. The van der Waals surface area contributed by atoms with Crippen LogP contribution in [0, 0.1) is 0 Å². The molecule has 0 unspecified atom stereocenters. The Morgan fingerprint density at radius 2 is 2.06 bits per heavy atom. The zero-order chi connectivity index (χ0) is 12.1. The zero-order valence-electron chi connectivity index (χ0n) is 9.04. The van der Waals surface area contributed by atoms with Gasteiger partial charge in [-0.3, -0.25) is 4.79 Å². The molecule has 1 aromatic carbocycles. The van der Waals surface area contributed by atoms with Crippen molar-refractivity contribution in [3.05, 3.63) is 53.7 Å². The van der Waals surface area contributed by atoms with Crippen LogP contribution in [-0.2, 0) is 6.61 Å². The number of hydrogen-bond donors (Lipinski definition) is 1. The number of carbonyl (C=O) groups excluding carboxylic acids is 1. The van der Waals surface area contributed by atoms with E-state index in [1.807, 2.05) is 12.1 Å². The Bertz CT molecular complexity index is 508. The van der Waals surface area contributed by atoms with Gasteiger partial charge in [0.1, 0.15) is 5.75 Å². The van der Waals surface area contributed by atoms with E-state index < -0.39 is 0 Å². The van der Waals surface area contributed by atoms with E-state index in [4.69, 9.17) is 9.84 Å². The zero-order valence-corrected chi connectivity index (χ0v) is 9.04. The summed E-state index contributed by atoms with van der Waals surface area (Å²) in [5, 5.41) is 9.13. The van der Waals surface area contributed by atoms with Gasteiger partial charge >= 0.3 is 0 Å². The van der Waals surface area contributed by atoms with E-state index in [0.29, 0.717) is 22.8 Å². The Morgan fingerprint density at radius 3 is 2.71 bits per heavy atom. The fourth-order valence-electron chi connectivity index (χ4n) is 1.37. The van der Waals surface area contributed by atoms with Gasteiger partial charge in [0.25, 0.3) is 0 Å². The van der Waals surface area contributed by atoms with E-state index in [9.17, 15) is 4.79 Å². The number of carbonyl (C=O) groups is 1. The summed E-state index contributed by atoms with van der Waals surface area (Å²) in [6.45, 7) is -0.0946. The van der Waals surface area contributed by atoms with E-state index in [1.54, 1.807) is 24.3 Å². The summed E-state index contributed by atoms with van der Waals surface area (Å²) in [6, 6.07) is 10.4. The summed E-state index contributed by atoms with van der Waals surface area (Å²) < 4.78 is 5.51. The number of para-hydroxylation sites is 1. The van der Waals surface area contributed by atoms with Crippen molar-refractivity contribution in [1.82, 2.24) is 4.98 Å². The number of benzene rings is 1. The van der Waals surface area contributed by atoms with Crippen molar-refractivity contribution >= 4 is 6.29 Å². The van der Waals surface area contributed by atoms with Crippen LogP contribution < -0.4 is 4.74 Å². The normalized spacial score (nSPS) is 9.94. The monoisotopic (exact) mass is 229 g/mol. The summed E-state index contributed by atoms with van der Waals surface area (Å²) in [7, 11) is 0. The van der Waals surface area contributed by atoms with Gasteiger partial charge in [-0.1, -0.05) is 18.2 Å². The molecule has 0 aliphatic rings. The average molecular weight is 229 g/mol. The molecular formula is C13H11NO3. The van der Waals surface area contributed by atoms with Crippen molar-refractivity contribution in [2.75, 3.05) is 0 Å². The molecule has 86 valence electrons. The number of pyridine rings is 1. The van der Waals surface area contributed by atoms with Crippen LogP contribution in [0.15, 0.2) is 42.6 Å². The number of aromatic nitrogens is 1. The first-order valence-electron chi connectivity index (χ1n) is 5.11. The minimum absolute atomic E-state index is 0.0946. The number of rotatable bonds is 4. The third-order valence-electron chi connectivity index (χ3n) is 2.25. The number of hydrogen-bond acceptors (Lipinski definition) is 4. The van der Waals surface area contributed by atoms with E-state index in [2.05, 4.69) is 4.98 Å². The van der Waals surface area contributed by atoms with Gasteiger partial charge in [0, 0.05) is 23.4 Å². The first kappa shape index (κ1) is 11.3. The topological polar surface area (TPSA) is 59.4 Å². The summed E-state index contributed by atoms with van der Waals surface area (Å²) in [5.74, 6) is 0.942. The quantitative estimate of drug-likeness (QED) is 0.816. The van der Waals surface area contributed by atoms with Crippen LogP contribution in [0.3, 0.4) is 0 Å². The first-order chi connectivity index (χ1) is 8.33. The summed E-state index contributed by atoms with van der Waals surface area (Å²) in [5.41, 5.74) is 1.18. The Labute approximate surface area is 98.5 Å². The van der Waals surface area contributed by atoms with Crippen LogP contribution in [0.4, 0.5) is 0 Å². The molecule has 4 heteroatoms. The number of ether oxygens (including phenoxy) is 1. The second-order valence-corrected chi connectivity index (χ2v) is 3.42. The van der Waals surface area contributed by atoms with Gasteiger partial charge in [-0.05, 0) is 12.1 Å². The lowest BCUT2D eigenvalue weighted by molar-refractivity contribution is 0.112. The summed E-state index contributed by atoms with van der Waals surface area (Å²) in [6.07, 6.45) is 2.16. The molecule has 0 aliphatic carbocycles. The molecular weight excluding hydrogens is 218 g/mol. The van der Waals surface area contributed by atoms with Gasteiger partial charge < -0.3 is 9.84 Å². The maximum Gasteiger partial charge on any atom is 0.219 e. The summed E-state index contributed by atoms with van der Waals surface area (Å²) >= 11 is 0. The standard InChI is InChI=1S/C13H11NO3/c15-8-10-5-6-13(14-7-10)17-12-4-2-1-3-11(12)9-16/h1-8,16H,9H2. The fourth-order valence-corrected chi connectivity index (χ4v) is 1.37. The van der Waals surface area contributed by atoms with E-state index in [0.717, 1.165) is 6.29 Å². The van der Waals surface area contributed by atoms with Gasteiger partial charge in [0.15, 0.2) is 6.29 Å². The SMILES string of the molecule is O=Cc1ccc(Oc2ccccc2CO)nc1. The van der Waals surface area contributed by atoms with Gasteiger partial charge in [0.2, 0.25) is 5.88 Å². The van der Waals surface area contributed by atoms with Crippen LogP contribution >= 0.6 is 0 Å². The molecule has 0 bridgehead atoms. The molecule has 2 rings (SSSR count). The van der Waals surface area contributed by atoms with Crippen LogP contribution in [0.2, 0.25) is 0 Å². The summed E-state index contributed by atoms with van der Waals surface area (Å²) in [4.78, 5) is 14.4. The number of aldehydes is 1. The van der Waals surface area contributed by atoms with E-state index in [-0.39, 0.29) is 6.61 Å². The molecule has 4 nitrogen and oxygen atoms in total. The predicted molar refractivity (Wildman–Crippen MR) is 62.1 cm³/mol. The molecule has 0 amide bonds. The van der Waals surface area contributed by atoms with Crippen molar-refractivity contribution in [2.24, 2.45) is 0 Å². The minimum atomic E-state index is -0.0946. The van der Waals surface area contributed by atoms with E-state index in [1.165, 1.54) is 6.20 Å². The highest BCUT2D eigenvalue weighted by Gasteiger charge is 2.03. The van der Waals surface area contributed by atoms with Crippen molar-refractivity contribution in [1.29, 1.82) is 0 Å². The molecule has 0 saturated heterocycles. The first-order valence-corrected chi connectivity index (χ1v) is 5.11. The Balaban J connectivity index is 2.21. The number of aliphatic hydroxyl groups excluding tert-OH is 1. The number of nitrogens with zero attached hydrogens (tertiary/aromatic N) is 1. The molecule has 0 aliphatic heterocycles. The molecule has 0 radical (unpaired) electrons. The van der Waals surface area contributed by atoms with Crippen molar-refractivity contribution in [3.8, 4) is 11.6 Å². The van der Waals surface area contributed by atoms with Crippen molar-refractivity contribution in [3.63, 3.8) is 0 Å². The minimum Gasteiger partial charge on any atom is -0.439 e. The Kier molecular flexibility index (Phi) is 3.47. The smallest absolute Gasteiger partial charge is 0.219 e. The highest BCUT2D eigenvalue weighted by Crippen LogP contribution is 2.23. The largest absolute Gasteiger partial charge is 0.439 e. The Morgan fingerprint density at radius 1 is 1.24 bits per heavy atom. The second-order valence-electron chi connectivity index (χ2n) is 3.42. The average Bonchev–Trinajstić information content (AvgIpc) is 2.40. The van der Waals surface area contributed by atoms with Crippen LogP contribution in [0.5, 0.6) is 11.6 Å². The van der Waals surface area contributed by atoms with Gasteiger partial charge in [0.05, 0.1) is 6.61 Å². The molecule has 0 atom stereocenters. The molecule has 0 spiro atoms. The van der Waals surface area contributed by atoms with Gasteiger partial charge in [-0.25, -0.2) is 4.98 Å². The lowest BCUT2D eigenvalue weighted by Crippen LogP contribution is -1.93. The van der Waals surface area contributed by atoms with E-state index >= 15 is 0 Å². The maximum absolute atomic E-state index is 10.5. The van der Waals surface area contributed by atoms with Crippen LogP contribution in [0.1, 0.15) is 15.9 Å². The second kappa shape index (κ2) is 5.23.